The molecular weight excluding hydrogens is 193 g/mol. The van der Waals surface area contributed by atoms with Crippen LogP contribution in [0.4, 0.5) is 4.39 Å². The maximum Gasteiger partial charge on any atom is 0.0906 e. The maximum absolute atomic E-state index is 11.8. The molecule has 0 aliphatic rings. The average molecular weight is 213 g/mol. The van der Waals surface area contributed by atoms with E-state index in [-0.39, 0.29) is 12.2 Å². The molecule has 0 spiro atoms. The molecule has 4 heteroatoms. The van der Waals surface area contributed by atoms with Gasteiger partial charge in [0.05, 0.1) is 18.4 Å². The Balaban J connectivity index is 2.40. The summed E-state index contributed by atoms with van der Waals surface area (Å²) in [6.07, 6.45) is 4.46. The number of rotatable bonds is 5. The van der Waals surface area contributed by atoms with Gasteiger partial charge in [-0.2, -0.15) is 5.10 Å². The van der Waals surface area contributed by atoms with Crippen molar-refractivity contribution in [3.8, 4) is 0 Å². The van der Waals surface area contributed by atoms with Crippen LogP contribution >= 0.6 is 0 Å². The molecule has 86 valence electrons. The molecule has 0 aliphatic heterocycles. The van der Waals surface area contributed by atoms with Crippen LogP contribution in [0.5, 0.6) is 0 Å². The maximum atomic E-state index is 11.8. The molecule has 0 radical (unpaired) electrons. The molecule has 1 N–H and O–H groups in total. The Bertz CT molecular complexity index is 288. The van der Waals surface area contributed by atoms with Gasteiger partial charge in [-0.25, -0.2) is 0 Å². The van der Waals surface area contributed by atoms with E-state index in [0.29, 0.717) is 6.42 Å². The first kappa shape index (κ1) is 12.2. The molecule has 0 saturated carbocycles. The van der Waals surface area contributed by atoms with Crippen LogP contribution in [0.1, 0.15) is 32.8 Å². The average Bonchev–Trinajstić information content (AvgIpc) is 2.60. The zero-order valence-electron chi connectivity index (χ0n) is 9.76. The molecule has 1 rings (SSSR count). The largest absolute Gasteiger partial charge is 0.312 e. The van der Waals surface area contributed by atoms with Gasteiger partial charge < -0.3 is 5.32 Å². The molecule has 0 fully saturated rings. The van der Waals surface area contributed by atoms with Crippen LogP contribution in [0.2, 0.25) is 0 Å². The second-order valence-corrected chi connectivity index (χ2v) is 4.68. The van der Waals surface area contributed by atoms with Crippen molar-refractivity contribution in [2.45, 2.75) is 39.3 Å². The van der Waals surface area contributed by atoms with E-state index in [9.17, 15) is 4.39 Å². The van der Waals surface area contributed by atoms with Gasteiger partial charge in [-0.1, -0.05) is 0 Å². The third-order valence-electron chi connectivity index (χ3n) is 2.14. The summed E-state index contributed by atoms with van der Waals surface area (Å²) in [5.74, 6) is 0. The molecule has 0 unspecified atom stereocenters. The first-order chi connectivity index (χ1) is 7.04. The number of hydrogen-bond acceptors (Lipinski definition) is 2. The monoisotopic (exact) mass is 213 g/mol. The molecule has 1 aromatic heterocycles. The minimum Gasteiger partial charge on any atom is -0.312 e. The summed E-state index contributed by atoms with van der Waals surface area (Å²) in [5, 5.41) is 7.46. The Morgan fingerprint density at radius 1 is 1.47 bits per heavy atom. The predicted molar refractivity (Wildman–Crippen MR) is 59.5 cm³/mol. The quantitative estimate of drug-likeness (QED) is 0.759. The summed E-state index contributed by atoms with van der Waals surface area (Å²) < 4.78 is 13.8. The van der Waals surface area contributed by atoms with Gasteiger partial charge >= 0.3 is 0 Å². The minimum atomic E-state index is -0.256. The molecule has 3 nitrogen and oxygen atoms in total. The van der Waals surface area contributed by atoms with Crippen molar-refractivity contribution < 1.29 is 4.39 Å². The Kier molecular flexibility index (Phi) is 4.27. The summed E-state index contributed by atoms with van der Waals surface area (Å²) in [4.78, 5) is 0. The zero-order valence-corrected chi connectivity index (χ0v) is 9.76. The van der Waals surface area contributed by atoms with Gasteiger partial charge in [0.2, 0.25) is 0 Å². The summed E-state index contributed by atoms with van der Waals surface area (Å²) in [6, 6.07) is 0. The minimum absolute atomic E-state index is 0.0250. The van der Waals surface area contributed by atoms with Crippen LogP contribution in [0.15, 0.2) is 12.4 Å². The highest BCUT2D eigenvalue weighted by atomic mass is 19.1. The SMILES string of the molecule is CC(C)(C)n1cc(CNCCCF)cn1. The van der Waals surface area contributed by atoms with Crippen molar-refractivity contribution in [3.05, 3.63) is 18.0 Å². The standard InChI is InChI=1S/C11H20FN3/c1-11(2,3)15-9-10(8-14-15)7-13-6-4-5-12/h8-9,13H,4-7H2,1-3H3. The number of alkyl halides is 1. The third kappa shape index (κ3) is 4.00. The van der Waals surface area contributed by atoms with Crippen LogP contribution in [-0.2, 0) is 12.1 Å². The highest BCUT2D eigenvalue weighted by Gasteiger charge is 2.13. The van der Waals surface area contributed by atoms with E-state index in [4.69, 9.17) is 0 Å². The van der Waals surface area contributed by atoms with Crippen molar-refractivity contribution in [3.63, 3.8) is 0 Å². The highest BCUT2D eigenvalue weighted by molar-refractivity contribution is 5.04. The van der Waals surface area contributed by atoms with Gasteiger partial charge in [0.15, 0.2) is 0 Å². The summed E-state index contributed by atoms with van der Waals surface area (Å²) >= 11 is 0. The lowest BCUT2D eigenvalue weighted by molar-refractivity contribution is 0.355. The van der Waals surface area contributed by atoms with E-state index in [0.717, 1.165) is 18.7 Å². The lowest BCUT2D eigenvalue weighted by Crippen LogP contribution is -2.22. The van der Waals surface area contributed by atoms with Gasteiger partial charge in [0.1, 0.15) is 0 Å². The Labute approximate surface area is 90.7 Å². The molecule has 15 heavy (non-hydrogen) atoms. The Morgan fingerprint density at radius 2 is 2.20 bits per heavy atom. The predicted octanol–water partition coefficient (Wildman–Crippen LogP) is 2.09. The molecule has 0 aliphatic carbocycles. The lowest BCUT2D eigenvalue weighted by atomic mass is 10.1. The van der Waals surface area contributed by atoms with E-state index in [1.165, 1.54) is 0 Å². The zero-order chi connectivity index (χ0) is 11.3. The van der Waals surface area contributed by atoms with E-state index >= 15 is 0 Å². The molecular formula is C11H20FN3. The molecule has 1 heterocycles. The van der Waals surface area contributed by atoms with Crippen LogP contribution in [-0.4, -0.2) is 23.0 Å². The van der Waals surface area contributed by atoms with Crippen molar-refractivity contribution in [2.75, 3.05) is 13.2 Å². The van der Waals surface area contributed by atoms with Crippen molar-refractivity contribution in [1.82, 2.24) is 15.1 Å². The van der Waals surface area contributed by atoms with Gasteiger partial charge in [0, 0.05) is 18.3 Å². The van der Waals surface area contributed by atoms with Gasteiger partial charge in [-0.15, -0.1) is 0 Å². The van der Waals surface area contributed by atoms with Crippen molar-refractivity contribution in [1.29, 1.82) is 0 Å². The number of aromatic nitrogens is 2. The lowest BCUT2D eigenvalue weighted by Gasteiger charge is -2.18. The first-order valence-electron chi connectivity index (χ1n) is 5.35. The highest BCUT2D eigenvalue weighted by Crippen LogP contribution is 2.12. The molecule has 0 aromatic carbocycles. The van der Waals surface area contributed by atoms with Crippen LogP contribution in [0, 0.1) is 0 Å². The van der Waals surface area contributed by atoms with Gasteiger partial charge in [-0.05, 0) is 33.7 Å². The van der Waals surface area contributed by atoms with Crippen molar-refractivity contribution >= 4 is 0 Å². The Hall–Kier alpha value is -0.900. The number of nitrogens with zero attached hydrogens (tertiary/aromatic N) is 2. The second-order valence-electron chi connectivity index (χ2n) is 4.68. The van der Waals surface area contributed by atoms with Gasteiger partial charge in [0.25, 0.3) is 0 Å². The van der Waals surface area contributed by atoms with Crippen LogP contribution in [0.3, 0.4) is 0 Å². The van der Waals surface area contributed by atoms with E-state index in [1.54, 1.807) is 0 Å². The second kappa shape index (κ2) is 5.26. The van der Waals surface area contributed by atoms with Crippen LogP contribution in [0.25, 0.3) is 0 Å². The van der Waals surface area contributed by atoms with E-state index < -0.39 is 0 Å². The van der Waals surface area contributed by atoms with E-state index in [1.807, 2.05) is 17.1 Å². The normalized spacial score (nSPS) is 12.0. The smallest absolute Gasteiger partial charge is 0.0906 e. The van der Waals surface area contributed by atoms with Gasteiger partial charge in [-0.3, -0.25) is 9.07 Å². The molecule has 0 saturated heterocycles. The van der Waals surface area contributed by atoms with Crippen LogP contribution < -0.4 is 5.32 Å². The fraction of sp³-hybridized carbons (Fsp3) is 0.727. The third-order valence-corrected chi connectivity index (χ3v) is 2.14. The summed E-state index contributed by atoms with van der Waals surface area (Å²) in [5.41, 5.74) is 1.17. The fourth-order valence-electron chi connectivity index (χ4n) is 1.24. The van der Waals surface area contributed by atoms with Crippen molar-refractivity contribution in [2.24, 2.45) is 0 Å². The number of nitrogens with one attached hydrogen (secondary N) is 1. The molecule has 0 bridgehead atoms. The summed E-state index contributed by atoms with van der Waals surface area (Å²) in [7, 11) is 0. The fourth-order valence-corrected chi connectivity index (χ4v) is 1.24. The first-order valence-corrected chi connectivity index (χ1v) is 5.35. The topological polar surface area (TPSA) is 29.9 Å². The Morgan fingerprint density at radius 3 is 2.73 bits per heavy atom. The number of halogens is 1. The molecule has 1 aromatic rings. The molecule has 0 atom stereocenters. The number of hydrogen-bond donors (Lipinski definition) is 1. The summed E-state index contributed by atoms with van der Waals surface area (Å²) in [6.45, 7) is 7.56. The molecule has 0 amide bonds. The van der Waals surface area contributed by atoms with E-state index in [2.05, 4.69) is 31.2 Å².